The lowest BCUT2D eigenvalue weighted by molar-refractivity contribution is 0.552. The fourth-order valence-corrected chi connectivity index (χ4v) is 1.61. The van der Waals surface area contributed by atoms with Crippen molar-refractivity contribution in [2.24, 2.45) is 12.8 Å². The first-order chi connectivity index (χ1) is 6.86. The van der Waals surface area contributed by atoms with E-state index in [0.717, 1.165) is 23.3 Å². The molecule has 1 rings (SSSR count). The average molecular weight is 207 g/mol. The summed E-state index contributed by atoms with van der Waals surface area (Å²) in [5, 5.41) is 4.50. The molecule has 0 spiro atoms. The Morgan fingerprint density at radius 2 is 2.13 bits per heavy atom. The van der Waals surface area contributed by atoms with Crippen LogP contribution in [0.2, 0.25) is 0 Å². The van der Waals surface area contributed by atoms with Crippen molar-refractivity contribution >= 4 is 5.57 Å². The minimum Gasteiger partial charge on any atom is -0.330 e. The lowest BCUT2D eigenvalue weighted by atomic mass is 9.87. The third kappa shape index (κ3) is 2.69. The third-order valence-electron chi connectivity index (χ3n) is 2.37. The topological polar surface area (TPSA) is 43.8 Å². The molecule has 3 heteroatoms. The molecule has 0 aliphatic rings. The summed E-state index contributed by atoms with van der Waals surface area (Å²) >= 11 is 0. The Bertz CT molecular complexity index is 355. The molecule has 2 N–H and O–H groups in total. The summed E-state index contributed by atoms with van der Waals surface area (Å²) in [5.74, 6) is 0. The third-order valence-corrected chi connectivity index (χ3v) is 2.37. The molecule has 0 atom stereocenters. The van der Waals surface area contributed by atoms with Crippen LogP contribution in [0.3, 0.4) is 0 Å². The lowest BCUT2D eigenvalue weighted by Crippen LogP contribution is -2.15. The first kappa shape index (κ1) is 12.0. The second-order valence-electron chi connectivity index (χ2n) is 4.96. The van der Waals surface area contributed by atoms with E-state index < -0.39 is 0 Å². The predicted molar refractivity (Wildman–Crippen MR) is 64.6 cm³/mol. The van der Waals surface area contributed by atoms with Gasteiger partial charge in [0.1, 0.15) is 0 Å². The van der Waals surface area contributed by atoms with Crippen LogP contribution in [-0.2, 0) is 12.5 Å². The maximum absolute atomic E-state index is 5.54. The molecule has 1 aromatic rings. The highest BCUT2D eigenvalue weighted by Crippen LogP contribution is 2.29. The molecule has 0 bridgehead atoms. The van der Waals surface area contributed by atoms with E-state index in [0.29, 0.717) is 6.54 Å². The standard InChI is InChI=1S/C12H21N3/c1-9(6-7-13)10-8-15(5)14-11(10)12(2,3)4/h8H,1,6-7,13H2,2-5H3. The maximum atomic E-state index is 5.54. The number of nitrogens with two attached hydrogens (primary N) is 1. The summed E-state index contributed by atoms with van der Waals surface area (Å²) in [6.07, 6.45) is 2.85. The van der Waals surface area contributed by atoms with E-state index in [1.54, 1.807) is 0 Å². The van der Waals surface area contributed by atoms with Gasteiger partial charge in [-0.15, -0.1) is 0 Å². The number of aromatic nitrogens is 2. The van der Waals surface area contributed by atoms with Gasteiger partial charge in [-0.1, -0.05) is 27.4 Å². The minimum absolute atomic E-state index is 0.0497. The summed E-state index contributed by atoms with van der Waals surface area (Å²) < 4.78 is 1.84. The Kier molecular flexibility index (Phi) is 3.35. The van der Waals surface area contributed by atoms with Crippen molar-refractivity contribution in [3.63, 3.8) is 0 Å². The average Bonchev–Trinajstić information content (AvgIpc) is 2.47. The van der Waals surface area contributed by atoms with Gasteiger partial charge in [-0.3, -0.25) is 4.68 Å². The lowest BCUT2D eigenvalue weighted by Gasteiger charge is -2.18. The van der Waals surface area contributed by atoms with E-state index in [1.165, 1.54) is 0 Å². The Hall–Kier alpha value is -1.09. The van der Waals surface area contributed by atoms with E-state index in [-0.39, 0.29) is 5.41 Å². The summed E-state index contributed by atoms with van der Waals surface area (Å²) in [7, 11) is 1.94. The molecule has 0 unspecified atom stereocenters. The molecule has 0 saturated carbocycles. The molecule has 0 amide bonds. The molecule has 0 aliphatic heterocycles. The molecule has 0 aliphatic carbocycles. The normalized spacial score (nSPS) is 11.8. The fourth-order valence-electron chi connectivity index (χ4n) is 1.61. The summed E-state index contributed by atoms with van der Waals surface area (Å²) in [6.45, 7) is 11.2. The van der Waals surface area contributed by atoms with Crippen LogP contribution < -0.4 is 5.73 Å². The van der Waals surface area contributed by atoms with Gasteiger partial charge < -0.3 is 5.73 Å². The minimum atomic E-state index is 0.0497. The van der Waals surface area contributed by atoms with Gasteiger partial charge in [0.15, 0.2) is 0 Å². The zero-order valence-corrected chi connectivity index (χ0v) is 10.2. The van der Waals surface area contributed by atoms with Crippen LogP contribution in [0.4, 0.5) is 0 Å². The Labute approximate surface area is 92.0 Å². The number of nitrogens with zero attached hydrogens (tertiary/aromatic N) is 2. The summed E-state index contributed by atoms with van der Waals surface area (Å²) in [4.78, 5) is 0. The monoisotopic (exact) mass is 207 g/mol. The first-order valence-corrected chi connectivity index (χ1v) is 5.28. The number of hydrogen-bond acceptors (Lipinski definition) is 2. The Balaban J connectivity index is 3.12. The second-order valence-corrected chi connectivity index (χ2v) is 4.96. The SMILES string of the molecule is C=C(CCN)c1cn(C)nc1C(C)(C)C. The van der Waals surface area contributed by atoms with Crippen molar-refractivity contribution in [3.8, 4) is 0 Å². The Morgan fingerprint density at radius 1 is 1.53 bits per heavy atom. The Morgan fingerprint density at radius 3 is 2.60 bits per heavy atom. The number of aryl methyl sites for hydroxylation is 1. The molecule has 0 aromatic carbocycles. The quantitative estimate of drug-likeness (QED) is 0.824. The van der Waals surface area contributed by atoms with Crippen molar-refractivity contribution in [1.82, 2.24) is 9.78 Å². The van der Waals surface area contributed by atoms with E-state index >= 15 is 0 Å². The predicted octanol–water partition coefficient (Wildman–Crippen LogP) is 2.08. The van der Waals surface area contributed by atoms with Gasteiger partial charge in [-0.05, 0) is 18.5 Å². The molecule has 3 nitrogen and oxygen atoms in total. The van der Waals surface area contributed by atoms with Crippen molar-refractivity contribution < 1.29 is 0 Å². The van der Waals surface area contributed by atoms with E-state index in [9.17, 15) is 0 Å². The van der Waals surface area contributed by atoms with Gasteiger partial charge in [0.2, 0.25) is 0 Å². The second kappa shape index (κ2) is 4.19. The van der Waals surface area contributed by atoms with Crippen LogP contribution in [0.15, 0.2) is 12.8 Å². The van der Waals surface area contributed by atoms with E-state index in [1.807, 2.05) is 17.9 Å². The fraction of sp³-hybridized carbons (Fsp3) is 0.583. The zero-order chi connectivity index (χ0) is 11.6. The van der Waals surface area contributed by atoms with Crippen LogP contribution in [0.5, 0.6) is 0 Å². The first-order valence-electron chi connectivity index (χ1n) is 5.28. The highest BCUT2D eigenvalue weighted by molar-refractivity contribution is 5.65. The van der Waals surface area contributed by atoms with Gasteiger partial charge in [0.05, 0.1) is 5.69 Å². The van der Waals surface area contributed by atoms with Gasteiger partial charge in [0, 0.05) is 24.2 Å². The van der Waals surface area contributed by atoms with E-state index in [2.05, 4.69) is 32.4 Å². The number of rotatable bonds is 3. The van der Waals surface area contributed by atoms with Crippen molar-refractivity contribution in [2.75, 3.05) is 6.54 Å². The van der Waals surface area contributed by atoms with Gasteiger partial charge in [0.25, 0.3) is 0 Å². The maximum Gasteiger partial charge on any atom is 0.0752 e. The van der Waals surface area contributed by atoms with Gasteiger partial charge >= 0.3 is 0 Å². The molecule has 1 aromatic heterocycles. The van der Waals surface area contributed by atoms with Crippen molar-refractivity contribution in [2.45, 2.75) is 32.6 Å². The smallest absolute Gasteiger partial charge is 0.0752 e. The largest absolute Gasteiger partial charge is 0.330 e. The zero-order valence-electron chi connectivity index (χ0n) is 10.2. The van der Waals surface area contributed by atoms with Crippen molar-refractivity contribution in [1.29, 1.82) is 0 Å². The van der Waals surface area contributed by atoms with E-state index in [4.69, 9.17) is 5.73 Å². The van der Waals surface area contributed by atoms with Crippen LogP contribution in [0, 0.1) is 0 Å². The summed E-state index contributed by atoms with van der Waals surface area (Å²) in [6, 6.07) is 0. The molecule has 1 heterocycles. The van der Waals surface area contributed by atoms with Crippen LogP contribution in [0.25, 0.3) is 5.57 Å². The van der Waals surface area contributed by atoms with Crippen molar-refractivity contribution in [3.05, 3.63) is 24.0 Å². The number of hydrogen-bond donors (Lipinski definition) is 1. The molecule has 84 valence electrons. The molecular formula is C12H21N3. The van der Waals surface area contributed by atoms with Crippen LogP contribution in [0.1, 0.15) is 38.4 Å². The molecular weight excluding hydrogens is 186 g/mol. The molecule has 15 heavy (non-hydrogen) atoms. The molecule has 0 radical (unpaired) electrons. The van der Waals surface area contributed by atoms with Gasteiger partial charge in [-0.25, -0.2) is 0 Å². The highest BCUT2D eigenvalue weighted by atomic mass is 15.3. The van der Waals surface area contributed by atoms with Crippen LogP contribution >= 0.6 is 0 Å². The highest BCUT2D eigenvalue weighted by Gasteiger charge is 2.22. The van der Waals surface area contributed by atoms with Crippen LogP contribution in [-0.4, -0.2) is 16.3 Å². The molecule has 0 fully saturated rings. The summed E-state index contributed by atoms with van der Waals surface area (Å²) in [5.41, 5.74) is 8.92. The van der Waals surface area contributed by atoms with Gasteiger partial charge in [-0.2, -0.15) is 5.10 Å². The molecule has 0 saturated heterocycles.